The van der Waals surface area contributed by atoms with Gasteiger partial charge in [-0.1, -0.05) is 36.9 Å². The van der Waals surface area contributed by atoms with E-state index < -0.39 is 0 Å². The number of thioether (sulfide) groups is 1. The van der Waals surface area contributed by atoms with E-state index in [1.165, 1.54) is 23.7 Å². The maximum Gasteiger partial charge on any atom is 0.233 e. The van der Waals surface area contributed by atoms with E-state index in [4.69, 9.17) is 0 Å². The third-order valence-corrected chi connectivity index (χ3v) is 5.81. The second-order valence-corrected chi connectivity index (χ2v) is 7.53. The maximum atomic E-state index is 12.7. The Morgan fingerprint density at radius 1 is 1.24 bits per heavy atom. The summed E-state index contributed by atoms with van der Waals surface area (Å²) in [5, 5.41) is 9.30. The first kappa shape index (κ1) is 18.0. The highest BCUT2D eigenvalue weighted by Crippen LogP contribution is 2.26. The Kier molecular flexibility index (Phi) is 5.78. The van der Waals surface area contributed by atoms with E-state index in [1.807, 2.05) is 23.6 Å². The first-order valence-corrected chi connectivity index (χ1v) is 10.0. The number of aromatic nitrogens is 3. The second-order valence-electron chi connectivity index (χ2n) is 6.59. The number of hydrogen-bond donors (Lipinski definition) is 0. The lowest BCUT2D eigenvalue weighted by Gasteiger charge is -2.35. The molecule has 2 heterocycles. The van der Waals surface area contributed by atoms with Crippen LogP contribution in [0.3, 0.4) is 0 Å². The predicted molar refractivity (Wildman–Crippen MR) is 101 cm³/mol. The van der Waals surface area contributed by atoms with Crippen LogP contribution in [0.2, 0.25) is 0 Å². The van der Waals surface area contributed by atoms with Gasteiger partial charge in [0, 0.05) is 12.6 Å². The average Bonchev–Trinajstić information content (AvgIpc) is 3.00. The number of nitrogens with zero attached hydrogens (tertiary/aromatic N) is 4. The lowest BCUT2D eigenvalue weighted by molar-refractivity contribution is -0.132. The number of aryl methyl sites for hydroxylation is 2. The number of para-hydroxylation sites is 1. The molecule has 0 spiro atoms. The van der Waals surface area contributed by atoms with Crippen molar-refractivity contribution in [3.63, 3.8) is 0 Å². The van der Waals surface area contributed by atoms with Gasteiger partial charge in [-0.15, -0.1) is 10.2 Å². The first-order valence-electron chi connectivity index (χ1n) is 9.02. The molecular formula is C19H26N4OS. The molecule has 1 atom stereocenters. The van der Waals surface area contributed by atoms with Gasteiger partial charge in [0.05, 0.1) is 11.4 Å². The van der Waals surface area contributed by atoms with Crippen LogP contribution in [0.4, 0.5) is 0 Å². The summed E-state index contributed by atoms with van der Waals surface area (Å²) < 4.78 is 2.04. The van der Waals surface area contributed by atoms with Crippen molar-refractivity contribution in [3.05, 3.63) is 35.7 Å². The molecule has 134 valence electrons. The van der Waals surface area contributed by atoms with Crippen LogP contribution in [-0.4, -0.2) is 43.9 Å². The maximum absolute atomic E-state index is 12.7. The summed E-state index contributed by atoms with van der Waals surface area (Å²) in [6.07, 6.45) is 4.52. The number of piperidine rings is 1. The molecule has 1 aromatic heterocycles. The van der Waals surface area contributed by atoms with Gasteiger partial charge in [0.25, 0.3) is 0 Å². The molecular weight excluding hydrogens is 332 g/mol. The number of likely N-dealkylation sites (tertiary alicyclic amines) is 1. The molecule has 1 amide bonds. The fourth-order valence-electron chi connectivity index (χ4n) is 3.49. The van der Waals surface area contributed by atoms with Gasteiger partial charge in [0.1, 0.15) is 5.82 Å². The summed E-state index contributed by atoms with van der Waals surface area (Å²) in [7, 11) is 0. The molecule has 1 fully saturated rings. The van der Waals surface area contributed by atoms with Crippen molar-refractivity contribution in [2.75, 3.05) is 12.3 Å². The smallest absolute Gasteiger partial charge is 0.233 e. The van der Waals surface area contributed by atoms with Crippen molar-refractivity contribution in [2.45, 2.75) is 57.7 Å². The number of hydrogen-bond acceptors (Lipinski definition) is 4. The van der Waals surface area contributed by atoms with Crippen LogP contribution < -0.4 is 0 Å². The second kappa shape index (κ2) is 8.04. The molecule has 0 N–H and O–H groups in total. The van der Waals surface area contributed by atoms with Crippen LogP contribution in [-0.2, 0) is 4.79 Å². The molecule has 6 heteroatoms. The van der Waals surface area contributed by atoms with Crippen molar-refractivity contribution in [1.29, 1.82) is 0 Å². The van der Waals surface area contributed by atoms with Crippen LogP contribution in [0.1, 0.15) is 44.0 Å². The topological polar surface area (TPSA) is 51.0 Å². The molecule has 0 radical (unpaired) electrons. The average molecular weight is 359 g/mol. The number of carbonyl (C=O) groups excluding carboxylic acids is 1. The SMILES string of the molecule is CCC1CCCCN1C(=O)CSc1nnc(C)n1-c1ccccc1C. The van der Waals surface area contributed by atoms with Crippen molar-refractivity contribution in [1.82, 2.24) is 19.7 Å². The Morgan fingerprint density at radius 2 is 2.04 bits per heavy atom. The molecule has 0 saturated carbocycles. The lowest BCUT2D eigenvalue weighted by Crippen LogP contribution is -2.44. The third-order valence-electron chi connectivity index (χ3n) is 4.89. The molecule has 5 nitrogen and oxygen atoms in total. The van der Waals surface area contributed by atoms with Gasteiger partial charge in [-0.3, -0.25) is 9.36 Å². The zero-order valence-corrected chi connectivity index (χ0v) is 16.1. The minimum Gasteiger partial charge on any atom is -0.339 e. The Hall–Kier alpha value is -1.82. The van der Waals surface area contributed by atoms with Gasteiger partial charge < -0.3 is 4.90 Å². The summed E-state index contributed by atoms with van der Waals surface area (Å²) in [5.74, 6) is 1.47. The summed E-state index contributed by atoms with van der Waals surface area (Å²) in [6.45, 7) is 7.08. The summed E-state index contributed by atoms with van der Waals surface area (Å²) >= 11 is 1.48. The zero-order valence-electron chi connectivity index (χ0n) is 15.2. The molecule has 3 rings (SSSR count). The number of carbonyl (C=O) groups is 1. The number of amides is 1. The molecule has 0 bridgehead atoms. The Labute approximate surface area is 153 Å². The van der Waals surface area contributed by atoms with Gasteiger partial charge in [0.2, 0.25) is 5.91 Å². The fourth-order valence-corrected chi connectivity index (χ4v) is 4.37. The van der Waals surface area contributed by atoms with Gasteiger partial charge in [-0.05, 0) is 51.2 Å². The first-order chi connectivity index (χ1) is 12.1. The van der Waals surface area contributed by atoms with Crippen LogP contribution >= 0.6 is 11.8 Å². The van der Waals surface area contributed by atoms with Crippen molar-refractivity contribution in [3.8, 4) is 5.69 Å². The molecule has 1 aromatic carbocycles. The van der Waals surface area contributed by atoms with Gasteiger partial charge in [0.15, 0.2) is 5.16 Å². The molecule has 1 aliphatic heterocycles. The molecule has 1 aliphatic rings. The van der Waals surface area contributed by atoms with E-state index in [2.05, 4.69) is 41.1 Å². The standard InChI is InChI=1S/C19H26N4OS/c1-4-16-10-7-8-12-22(16)18(24)13-25-19-21-20-15(3)23(19)17-11-6-5-9-14(17)2/h5-6,9,11,16H,4,7-8,10,12-13H2,1-3H3. The highest BCUT2D eigenvalue weighted by Gasteiger charge is 2.25. The van der Waals surface area contributed by atoms with E-state index in [-0.39, 0.29) is 5.91 Å². The number of rotatable bonds is 5. The predicted octanol–water partition coefficient (Wildman–Crippen LogP) is 3.77. The van der Waals surface area contributed by atoms with Crippen LogP contribution in [0.15, 0.2) is 29.4 Å². The van der Waals surface area contributed by atoms with E-state index in [0.29, 0.717) is 11.8 Å². The third kappa shape index (κ3) is 3.89. The fraction of sp³-hybridized carbons (Fsp3) is 0.526. The normalized spacial score (nSPS) is 17.7. The zero-order chi connectivity index (χ0) is 17.8. The summed E-state index contributed by atoms with van der Waals surface area (Å²) in [5.41, 5.74) is 2.24. The van der Waals surface area contributed by atoms with E-state index >= 15 is 0 Å². The van der Waals surface area contributed by atoms with Crippen LogP contribution in [0.5, 0.6) is 0 Å². The molecule has 25 heavy (non-hydrogen) atoms. The quantitative estimate of drug-likeness (QED) is 0.764. The molecule has 1 saturated heterocycles. The van der Waals surface area contributed by atoms with Gasteiger partial charge in [-0.2, -0.15) is 0 Å². The van der Waals surface area contributed by atoms with Crippen molar-refractivity contribution >= 4 is 17.7 Å². The van der Waals surface area contributed by atoms with Crippen LogP contribution in [0.25, 0.3) is 5.69 Å². The summed E-state index contributed by atoms with van der Waals surface area (Å²) in [4.78, 5) is 14.8. The largest absolute Gasteiger partial charge is 0.339 e. The lowest BCUT2D eigenvalue weighted by atomic mass is 10.0. The Bertz CT molecular complexity index is 743. The monoisotopic (exact) mass is 358 g/mol. The van der Waals surface area contributed by atoms with Gasteiger partial charge >= 0.3 is 0 Å². The van der Waals surface area contributed by atoms with Crippen LogP contribution in [0, 0.1) is 13.8 Å². The number of benzene rings is 1. The van der Waals surface area contributed by atoms with E-state index in [1.54, 1.807) is 0 Å². The van der Waals surface area contributed by atoms with E-state index in [9.17, 15) is 4.79 Å². The molecule has 2 aromatic rings. The minimum absolute atomic E-state index is 0.216. The summed E-state index contributed by atoms with van der Waals surface area (Å²) in [6, 6.07) is 8.58. The molecule has 0 aliphatic carbocycles. The minimum atomic E-state index is 0.216. The van der Waals surface area contributed by atoms with E-state index in [0.717, 1.165) is 42.5 Å². The van der Waals surface area contributed by atoms with Crippen molar-refractivity contribution in [2.24, 2.45) is 0 Å². The molecule has 1 unspecified atom stereocenters. The van der Waals surface area contributed by atoms with Gasteiger partial charge in [-0.25, -0.2) is 0 Å². The Morgan fingerprint density at radius 3 is 2.80 bits per heavy atom. The van der Waals surface area contributed by atoms with Crippen molar-refractivity contribution < 1.29 is 4.79 Å². The highest BCUT2D eigenvalue weighted by molar-refractivity contribution is 7.99. The highest BCUT2D eigenvalue weighted by atomic mass is 32.2. The Balaban J connectivity index is 1.74.